The second-order valence-electron chi connectivity index (χ2n) is 5.04. The molecule has 2 rings (SSSR count). The SMILES string of the molecule is CCNc1nc(N2CCC(COC)CC2)c(F)cc1F. The molecule has 1 aliphatic rings. The second-order valence-corrected chi connectivity index (χ2v) is 5.04. The van der Waals surface area contributed by atoms with E-state index in [4.69, 9.17) is 4.74 Å². The van der Waals surface area contributed by atoms with Crippen molar-refractivity contribution < 1.29 is 13.5 Å². The molecule has 0 aromatic carbocycles. The van der Waals surface area contributed by atoms with Crippen LogP contribution in [-0.2, 0) is 4.74 Å². The summed E-state index contributed by atoms with van der Waals surface area (Å²) in [5.41, 5.74) is 0. The van der Waals surface area contributed by atoms with Gasteiger partial charge in [-0.05, 0) is 25.7 Å². The number of aromatic nitrogens is 1. The van der Waals surface area contributed by atoms with Gasteiger partial charge in [-0.2, -0.15) is 0 Å². The molecule has 6 heteroatoms. The maximum atomic E-state index is 13.9. The highest BCUT2D eigenvalue weighted by Gasteiger charge is 2.23. The van der Waals surface area contributed by atoms with Crippen molar-refractivity contribution in [2.75, 3.05) is 43.6 Å². The number of piperidine rings is 1. The van der Waals surface area contributed by atoms with E-state index in [1.807, 2.05) is 11.8 Å². The lowest BCUT2D eigenvalue weighted by Crippen LogP contribution is -2.36. The van der Waals surface area contributed by atoms with Gasteiger partial charge in [-0.1, -0.05) is 0 Å². The van der Waals surface area contributed by atoms with Crippen molar-refractivity contribution in [1.29, 1.82) is 0 Å². The molecule has 0 unspecified atom stereocenters. The van der Waals surface area contributed by atoms with Gasteiger partial charge in [-0.3, -0.25) is 0 Å². The minimum Gasteiger partial charge on any atom is -0.384 e. The number of anilines is 2. The van der Waals surface area contributed by atoms with Crippen LogP contribution in [0.25, 0.3) is 0 Å². The van der Waals surface area contributed by atoms with Crippen molar-refractivity contribution in [1.82, 2.24) is 4.98 Å². The van der Waals surface area contributed by atoms with Gasteiger partial charge < -0.3 is 15.0 Å². The predicted molar refractivity (Wildman–Crippen MR) is 75.1 cm³/mol. The summed E-state index contributed by atoms with van der Waals surface area (Å²) in [4.78, 5) is 5.97. The third-order valence-corrected chi connectivity index (χ3v) is 3.57. The van der Waals surface area contributed by atoms with Crippen molar-refractivity contribution in [3.63, 3.8) is 0 Å². The van der Waals surface area contributed by atoms with E-state index in [1.54, 1.807) is 7.11 Å². The Labute approximate surface area is 118 Å². The molecule has 1 saturated heterocycles. The van der Waals surface area contributed by atoms with E-state index in [2.05, 4.69) is 10.3 Å². The zero-order valence-corrected chi connectivity index (χ0v) is 12.0. The van der Waals surface area contributed by atoms with Crippen molar-refractivity contribution in [2.24, 2.45) is 5.92 Å². The van der Waals surface area contributed by atoms with Crippen LogP contribution < -0.4 is 10.2 Å². The van der Waals surface area contributed by atoms with Crippen LogP contribution in [0.1, 0.15) is 19.8 Å². The number of nitrogens with zero attached hydrogens (tertiary/aromatic N) is 2. The number of ether oxygens (including phenoxy) is 1. The first-order valence-corrected chi connectivity index (χ1v) is 6.99. The molecule has 1 aliphatic heterocycles. The zero-order valence-electron chi connectivity index (χ0n) is 12.0. The van der Waals surface area contributed by atoms with Crippen molar-refractivity contribution in [2.45, 2.75) is 19.8 Å². The van der Waals surface area contributed by atoms with Crippen LogP contribution in [0, 0.1) is 17.6 Å². The Balaban J connectivity index is 2.11. The number of hydrogen-bond donors (Lipinski definition) is 1. The Kier molecular flexibility index (Phi) is 5.11. The van der Waals surface area contributed by atoms with Crippen LogP contribution in [0.15, 0.2) is 6.07 Å². The van der Waals surface area contributed by atoms with Crippen molar-refractivity contribution >= 4 is 11.6 Å². The molecule has 0 spiro atoms. The molecule has 1 N–H and O–H groups in total. The number of pyridine rings is 1. The molecule has 1 fully saturated rings. The third kappa shape index (κ3) is 3.36. The zero-order chi connectivity index (χ0) is 14.5. The Morgan fingerprint density at radius 3 is 2.65 bits per heavy atom. The van der Waals surface area contributed by atoms with Crippen LogP contribution in [0.4, 0.5) is 20.4 Å². The molecule has 0 amide bonds. The fraction of sp³-hybridized carbons (Fsp3) is 0.643. The average molecular weight is 285 g/mol. The van der Waals surface area contributed by atoms with Gasteiger partial charge in [0.05, 0.1) is 0 Å². The number of rotatable bonds is 5. The van der Waals surface area contributed by atoms with E-state index in [0.717, 1.165) is 38.6 Å². The molecule has 1 aromatic heterocycles. The van der Waals surface area contributed by atoms with Crippen LogP contribution in [0.2, 0.25) is 0 Å². The molecule has 0 saturated carbocycles. The lowest BCUT2D eigenvalue weighted by molar-refractivity contribution is 0.139. The largest absolute Gasteiger partial charge is 0.384 e. The smallest absolute Gasteiger partial charge is 0.168 e. The van der Waals surface area contributed by atoms with Crippen molar-refractivity contribution in [3.05, 3.63) is 17.7 Å². The lowest BCUT2D eigenvalue weighted by atomic mass is 9.98. The summed E-state index contributed by atoms with van der Waals surface area (Å²) in [5.74, 6) is -0.397. The summed E-state index contributed by atoms with van der Waals surface area (Å²) in [6.07, 6.45) is 1.87. The number of hydrogen-bond acceptors (Lipinski definition) is 4. The first-order chi connectivity index (χ1) is 9.65. The van der Waals surface area contributed by atoms with E-state index < -0.39 is 11.6 Å². The predicted octanol–water partition coefficient (Wildman–Crippen LogP) is 2.65. The van der Waals surface area contributed by atoms with E-state index in [0.29, 0.717) is 12.5 Å². The second kappa shape index (κ2) is 6.83. The maximum absolute atomic E-state index is 13.9. The van der Waals surface area contributed by atoms with Crippen LogP contribution in [0.3, 0.4) is 0 Å². The lowest BCUT2D eigenvalue weighted by Gasteiger charge is -2.32. The van der Waals surface area contributed by atoms with E-state index in [9.17, 15) is 8.78 Å². The van der Waals surface area contributed by atoms with Gasteiger partial charge in [0.2, 0.25) is 0 Å². The van der Waals surface area contributed by atoms with E-state index >= 15 is 0 Å². The van der Waals surface area contributed by atoms with Gasteiger partial charge in [-0.15, -0.1) is 0 Å². The molecular formula is C14H21F2N3O. The maximum Gasteiger partial charge on any atom is 0.168 e. The molecule has 0 radical (unpaired) electrons. The Morgan fingerprint density at radius 2 is 2.05 bits per heavy atom. The Bertz CT molecular complexity index is 448. The fourth-order valence-corrected chi connectivity index (χ4v) is 2.52. The van der Waals surface area contributed by atoms with Gasteiger partial charge in [0.25, 0.3) is 0 Å². The Morgan fingerprint density at radius 1 is 1.35 bits per heavy atom. The third-order valence-electron chi connectivity index (χ3n) is 3.57. The van der Waals surface area contributed by atoms with Crippen LogP contribution in [0.5, 0.6) is 0 Å². The fourth-order valence-electron chi connectivity index (χ4n) is 2.52. The summed E-state index contributed by atoms with van der Waals surface area (Å²) >= 11 is 0. The van der Waals surface area contributed by atoms with Gasteiger partial charge in [-0.25, -0.2) is 13.8 Å². The highest BCUT2D eigenvalue weighted by Crippen LogP contribution is 2.26. The van der Waals surface area contributed by atoms with Gasteiger partial charge in [0.15, 0.2) is 23.3 Å². The molecule has 0 bridgehead atoms. The first-order valence-electron chi connectivity index (χ1n) is 6.99. The highest BCUT2D eigenvalue weighted by molar-refractivity contribution is 5.49. The topological polar surface area (TPSA) is 37.4 Å². The normalized spacial score (nSPS) is 16.5. The highest BCUT2D eigenvalue weighted by atomic mass is 19.1. The summed E-state index contributed by atoms with van der Waals surface area (Å²) in [6.45, 7) is 4.56. The van der Waals surface area contributed by atoms with E-state index in [1.165, 1.54) is 0 Å². The molecule has 4 nitrogen and oxygen atoms in total. The number of halogens is 2. The molecule has 2 heterocycles. The molecule has 112 valence electrons. The number of nitrogens with one attached hydrogen (secondary N) is 1. The van der Waals surface area contributed by atoms with Crippen LogP contribution >= 0.6 is 0 Å². The summed E-state index contributed by atoms with van der Waals surface area (Å²) in [6, 6.07) is 0.904. The van der Waals surface area contributed by atoms with Gasteiger partial charge >= 0.3 is 0 Å². The summed E-state index contributed by atoms with van der Waals surface area (Å²) in [5, 5.41) is 2.81. The summed E-state index contributed by atoms with van der Waals surface area (Å²) in [7, 11) is 1.69. The average Bonchev–Trinajstić information content (AvgIpc) is 2.43. The van der Waals surface area contributed by atoms with Gasteiger partial charge in [0.1, 0.15) is 0 Å². The first kappa shape index (κ1) is 15.0. The molecule has 1 aromatic rings. The summed E-state index contributed by atoms with van der Waals surface area (Å²) < 4.78 is 32.6. The molecule has 0 atom stereocenters. The monoisotopic (exact) mass is 285 g/mol. The molecule has 0 aliphatic carbocycles. The van der Waals surface area contributed by atoms with Crippen molar-refractivity contribution in [3.8, 4) is 0 Å². The quantitative estimate of drug-likeness (QED) is 0.902. The minimum atomic E-state index is -0.651. The molecular weight excluding hydrogens is 264 g/mol. The Hall–Kier alpha value is -1.43. The van der Waals surface area contributed by atoms with E-state index in [-0.39, 0.29) is 11.6 Å². The molecule has 20 heavy (non-hydrogen) atoms. The number of methoxy groups -OCH3 is 1. The van der Waals surface area contributed by atoms with Crippen LogP contribution in [-0.4, -0.2) is 38.3 Å². The minimum absolute atomic E-state index is 0.114. The standard InChI is InChI=1S/C14H21F2N3O/c1-3-17-13-11(15)8-12(16)14(18-13)19-6-4-10(5-7-19)9-20-2/h8,10H,3-7,9H2,1-2H3,(H,17,18). The van der Waals surface area contributed by atoms with Gasteiger partial charge in [0, 0.05) is 39.4 Å².